The van der Waals surface area contributed by atoms with Crippen molar-refractivity contribution in [1.29, 1.82) is 5.26 Å². The molecule has 7 heteroatoms. The molecular weight excluding hydrogens is 367 g/mol. The van der Waals surface area contributed by atoms with E-state index in [2.05, 4.69) is 16.0 Å². The van der Waals surface area contributed by atoms with Gasteiger partial charge >= 0.3 is 6.18 Å². The number of furan rings is 1. The number of nitrogens with zero attached hydrogens (tertiary/aromatic N) is 2. The topological polar surface area (TPSA) is 65.6 Å². The van der Waals surface area contributed by atoms with Crippen molar-refractivity contribution in [1.82, 2.24) is 9.97 Å². The number of rotatable bonds is 3. The maximum absolute atomic E-state index is 12.9. The molecule has 0 radical (unpaired) electrons. The zero-order valence-electron chi connectivity index (χ0n) is 14.3. The van der Waals surface area contributed by atoms with E-state index in [4.69, 9.17) is 4.42 Å². The standard InChI is InChI=1S/C21H12F3N3O/c22-21(23,24)15-5-3-4-13(10-15)19-9-8-16(28-19)11-14(12-25)20-26-17-6-1-2-7-18(17)27-20/h1-11H,(H,26,27)/b14-11-. The monoisotopic (exact) mass is 379 g/mol. The van der Waals surface area contributed by atoms with Gasteiger partial charge in [-0.05, 0) is 36.4 Å². The van der Waals surface area contributed by atoms with E-state index < -0.39 is 11.7 Å². The molecule has 0 aliphatic heterocycles. The van der Waals surface area contributed by atoms with Crippen molar-refractivity contribution < 1.29 is 17.6 Å². The summed E-state index contributed by atoms with van der Waals surface area (Å²) in [5, 5.41) is 9.47. The van der Waals surface area contributed by atoms with E-state index in [-0.39, 0.29) is 11.3 Å². The Bertz CT molecular complexity index is 1190. The largest absolute Gasteiger partial charge is 0.457 e. The van der Waals surface area contributed by atoms with Gasteiger partial charge in [0, 0.05) is 11.6 Å². The van der Waals surface area contributed by atoms with Crippen LogP contribution in [0.5, 0.6) is 0 Å². The van der Waals surface area contributed by atoms with Crippen LogP contribution in [0.15, 0.2) is 65.1 Å². The first kappa shape index (κ1) is 17.6. The molecule has 0 amide bonds. The fourth-order valence-electron chi connectivity index (χ4n) is 2.81. The third-order valence-electron chi connectivity index (χ3n) is 4.15. The second-order valence-electron chi connectivity index (χ2n) is 6.05. The van der Waals surface area contributed by atoms with E-state index in [9.17, 15) is 18.4 Å². The van der Waals surface area contributed by atoms with Crippen molar-refractivity contribution in [3.8, 4) is 17.4 Å². The molecule has 0 aliphatic rings. The molecule has 0 atom stereocenters. The predicted octanol–water partition coefficient (Wildman–Crippen LogP) is 5.91. The van der Waals surface area contributed by atoms with Crippen LogP contribution in [0.25, 0.3) is 34.0 Å². The zero-order valence-corrected chi connectivity index (χ0v) is 14.3. The first-order valence-electron chi connectivity index (χ1n) is 8.28. The molecule has 1 N–H and O–H groups in total. The van der Waals surface area contributed by atoms with Crippen molar-refractivity contribution in [2.45, 2.75) is 6.18 Å². The minimum Gasteiger partial charge on any atom is -0.457 e. The second-order valence-corrected chi connectivity index (χ2v) is 6.05. The fourth-order valence-corrected chi connectivity index (χ4v) is 2.81. The Kier molecular flexibility index (Phi) is 4.24. The lowest BCUT2D eigenvalue weighted by molar-refractivity contribution is -0.137. The Morgan fingerprint density at radius 1 is 1.07 bits per heavy atom. The minimum atomic E-state index is -4.43. The van der Waals surface area contributed by atoms with Crippen molar-refractivity contribution in [3.05, 3.63) is 77.8 Å². The second kappa shape index (κ2) is 6.74. The highest BCUT2D eigenvalue weighted by Gasteiger charge is 2.30. The van der Waals surface area contributed by atoms with E-state index >= 15 is 0 Å². The smallest absolute Gasteiger partial charge is 0.416 e. The van der Waals surface area contributed by atoms with Crippen LogP contribution >= 0.6 is 0 Å². The van der Waals surface area contributed by atoms with Crippen LogP contribution in [0.4, 0.5) is 13.2 Å². The number of halogens is 3. The van der Waals surface area contributed by atoms with Crippen LogP contribution < -0.4 is 0 Å². The van der Waals surface area contributed by atoms with Crippen LogP contribution in [0.1, 0.15) is 17.1 Å². The Morgan fingerprint density at radius 2 is 1.89 bits per heavy atom. The number of benzene rings is 2. The van der Waals surface area contributed by atoms with Gasteiger partial charge in [0.25, 0.3) is 0 Å². The molecule has 2 heterocycles. The summed E-state index contributed by atoms with van der Waals surface area (Å²) in [6.45, 7) is 0. The molecule has 0 saturated carbocycles. The normalized spacial score (nSPS) is 12.3. The lowest BCUT2D eigenvalue weighted by atomic mass is 10.1. The Labute approximate surface area is 157 Å². The number of imidazole rings is 1. The predicted molar refractivity (Wildman–Crippen MR) is 98.7 cm³/mol. The summed E-state index contributed by atoms with van der Waals surface area (Å²) >= 11 is 0. The van der Waals surface area contributed by atoms with Gasteiger partial charge in [-0.3, -0.25) is 0 Å². The number of fused-ring (bicyclic) bond motifs is 1. The number of alkyl halides is 3. The van der Waals surface area contributed by atoms with Gasteiger partial charge in [-0.15, -0.1) is 0 Å². The van der Waals surface area contributed by atoms with E-state index in [0.29, 0.717) is 17.1 Å². The van der Waals surface area contributed by atoms with Gasteiger partial charge in [0.2, 0.25) is 0 Å². The summed E-state index contributed by atoms with van der Waals surface area (Å²) in [6, 6.07) is 17.5. The van der Waals surface area contributed by atoms with Crippen LogP contribution in [-0.2, 0) is 6.18 Å². The molecule has 0 spiro atoms. The lowest BCUT2D eigenvalue weighted by Crippen LogP contribution is -2.04. The minimum absolute atomic E-state index is 0.251. The third kappa shape index (κ3) is 3.40. The van der Waals surface area contributed by atoms with Crippen LogP contribution in [-0.4, -0.2) is 9.97 Å². The van der Waals surface area contributed by atoms with Gasteiger partial charge in [-0.2, -0.15) is 18.4 Å². The van der Waals surface area contributed by atoms with Crippen LogP contribution in [0.2, 0.25) is 0 Å². The molecular formula is C21H12F3N3O. The van der Waals surface area contributed by atoms with Gasteiger partial charge in [0.15, 0.2) is 0 Å². The highest BCUT2D eigenvalue weighted by molar-refractivity contribution is 5.89. The van der Waals surface area contributed by atoms with Gasteiger partial charge in [-0.25, -0.2) is 4.98 Å². The number of H-pyrrole nitrogens is 1. The van der Waals surface area contributed by atoms with Gasteiger partial charge in [-0.1, -0.05) is 24.3 Å². The molecule has 2 aromatic carbocycles. The van der Waals surface area contributed by atoms with Crippen LogP contribution in [0, 0.1) is 11.3 Å². The van der Waals surface area contributed by atoms with E-state index in [1.807, 2.05) is 24.3 Å². The summed E-state index contributed by atoms with van der Waals surface area (Å²) in [5.41, 5.74) is 1.32. The number of nitriles is 1. The quantitative estimate of drug-likeness (QED) is 0.450. The first-order valence-corrected chi connectivity index (χ1v) is 8.28. The summed E-state index contributed by atoms with van der Waals surface area (Å²) in [7, 11) is 0. The van der Waals surface area contributed by atoms with Crippen molar-refractivity contribution in [2.75, 3.05) is 0 Å². The molecule has 0 saturated heterocycles. The SMILES string of the molecule is N#C/C(=C/c1ccc(-c2cccc(C(F)(F)F)c2)o1)c1nc2ccccc2[nH]1. The van der Waals surface area contributed by atoms with Crippen molar-refractivity contribution in [2.24, 2.45) is 0 Å². The molecule has 4 aromatic rings. The summed E-state index contributed by atoms with van der Waals surface area (Å²) in [4.78, 5) is 7.43. The Hall–Kier alpha value is -3.79. The average molecular weight is 379 g/mol. The van der Waals surface area contributed by atoms with Crippen molar-refractivity contribution in [3.63, 3.8) is 0 Å². The van der Waals surface area contributed by atoms with Gasteiger partial charge in [0.05, 0.1) is 22.2 Å². The molecule has 4 rings (SSSR count). The molecule has 4 nitrogen and oxygen atoms in total. The third-order valence-corrected chi connectivity index (χ3v) is 4.15. The van der Waals surface area contributed by atoms with Crippen molar-refractivity contribution >= 4 is 22.7 Å². The highest BCUT2D eigenvalue weighted by Crippen LogP contribution is 2.33. The van der Waals surface area contributed by atoms with Crippen LogP contribution in [0.3, 0.4) is 0 Å². The average Bonchev–Trinajstić information content (AvgIpc) is 3.32. The maximum Gasteiger partial charge on any atom is 0.416 e. The molecule has 138 valence electrons. The van der Waals surface area contributed by atoms with Gasteiger partial charge < -0.3 is 9.40 Å². The molecule has 2 aromatic heterocycles. The van der Waals surface area contributed by atoms with E-state index in [0.717, 1.165) is 23.2 Å². The summed E-state index contributed by atoms with van der Waals surface area (Å²) in [6.07, 6.45) is -2.94. The maximum atomic E-state index is 12.9. The number of hydrogen-bond acceptors (Lipinski definition) is 3. The first-order chi connectivity index (χ1) is 13.4. The van der Waals surface area contributed by atoms with E-state index in [1.54, 1.807) is 12.1 Å². The number of allylic oxidation sites excluding steroid dienone is 1. The number of para-hydroxylation sites is 2. The molecule has 0 fully saturated rings. The number of hydrogen-bond donors (Lipinski definition) is 1. The number of aromatic amines is 1. The van der Waals surface area contributed by atoms with E-state index in [1.165, 1.54) is 18.2 Å². The zero-order chi connectivity index (χ0) is 19.7. The Balaban J connectivity index is 1.68. The Morgan fingerprint density at radius 3 is 2.64 bits per heavy atom. The molecule has 0 aliphatic carbocycles. The summed E-state index contributed by atoms with van der Waals surface area (Å²) in [5.74, 6) is 1.00. The lowest BCUT2D eigenvalue weighted by Gasteiger charge is -2.07. The van der Waals surface area contributed by atoms with Gasteiger partial charge in [0.1, 0.15) is 23.4 Å². The fraction of sp³-hybridized carbons (Fsp3) is 0.0476. The number of nitrogens with one attached hydrogen (secondary N) is 1. The molecule has 0 unspecified atom stereocenters. The molecule has 28 heavy (non-hydrogen) atoms. The summed E-state index contributed by atoms with van der Waals surface area (Å²) < 4.78 is 44.3. The highest BCUT2D eigenvalue weighted by atomic mass is 19.4. The molecule has 0 bridgehead atoms. The number of aromatic nitrogens is 2.